The molecule has 0 saturated heterocycles. The Morgan fingerprint density at radius 1 is 1.32 bits per heavy atom. The normalized spacial score (nSPS) is 12.6. The van der Waals surface area contributed by atoms with Gasteiger partial charge in [0.25, 0.3) is 0 Å². The van der Waals surface area contributed by atoms with Crippen LogP contribution in [0.25, 0.3) is 10.9 Å². The standard InChI is InChI=1S/C19H17Cl2FN2O/c1-10-4-12(11(2)22)5-18-14(10)6-13(24(18)3)7-15-16(20)8-23-17(9-25)19(15)21/h4-6,8-9,11H,7H2,1-3H3. The largest absolute Gasteiger partial charge is 0.347 e. The van der Waals surface area contributed by atoms with Crippen molar-refractivity contribution in [2.75, 3.05) is 0 Å². The maximum absolute atomic E-state index is 13.7. The van der Waals surface area contributed by atoms with Crippen LogP contribution in [0.4, 0.5) is 4.39 Å². The number of pyridine rings is 1. The van der Waals surface area contributed by atoms with E-state index in [-0.39, 0.29) is 10.7 Å². The molecule has 25 heavy (non-hydrogen) atoms. The summed E-state index contributed by atoms with van der Waals surface area (Å²) < 4.78 is 15.7. The van der Waals surface area contributed by atoms with Crippen molar-refractivity contribution in [3.63, 3.8) is 0 Å². The molecule has 1 unspecified atom stereocenters. The number of nitrogens with zero attached hydrogens (tertiary/aromatic N) is 2. The zero-order chi connectivity index (χ0) is 18.3. The summed E-state index contributed by atoms with van der Waals surface area (Å²) in [5.41, 5.74) is 4.41. The molecule has 0 N–H and O–H groups in total. The third kappa shape index (κ3) is 3.16. The first-order valence-electron chi connectivity index (χ1n) is 7.84. The van der Waals surface area contributed by atoms with Crippen LogP contribution in [0.1, 0.15) is 46.0 Å². The van der Waals surface area contributed by atoms with Gasteiger partial charge in [0.2, 0.25) is 0 Å². The van der Waals surface area contributed by atoms with Crippen molar-refractivity contribution in [1.82, 2.24) is 9.55 Å². The second-order valence-electron chi connectivity index (χ2n) is 6.16. The van der Waals surface area contributed by atoms with Gasteiger partial charge >= 0.3 is 0 Å². The lowest BCUT2D eigenvalue weighted by atomic mass is 10.0. The number of carbonyl (C=O) groups is 1. The quantitative estimate of drug-likeness (QED) is 0.552. The van der Waals surface area contributed by atoms with Crippen LogP contribution in [0.5, 0.6) is 0 Å². The minimum Gasteiger partial charge on any atom is -0.347 e. The second kappa shape index (κ2) is 6.77. The summed E-state index contributed by atoms with van der Waals surface area (Å²) >= 11 is 12.5. The highest BCUT2D eigenvalue weighted by molar-refractivity contribution is 6.37. The second-order valence-corrected chi connectivity index (χ2v) is 6.95. The number of aryl methyl sites for hydroxylation is 2. The lowest BCUT2D eigenvalue weighted by Gasteiger charge is -2.10. The number of aldehydes is 1. The van der Waals surface area contributed by atoms with Crippen LogP contribution in [0.3, 0.4) is 0 Å². The molecular weight excluding hydrogens is 362 g/mol. The summed E-state index contributed by atoms with van der Waals surface area (Å²) in [7, 11) is 1.92. The summed E-state index contributed by atoms with van der Waals surface area (Å²) in [6.45, 7) is 3.50. The molecule has 0 fully saturated rings. The summed E-state index contributed by atoms with van der Waals surface area (Å²) in [4.78, 5) is 15.0. The molecule has 2 aromatic heterocycles. The number of aromatic nitrogens is 2. The van der Waals surface area contributed by atoms with Gasteiger partial charge in [-0.15, -0.1) is 0 Å². The first-order chi connectivity index (χ1) is 11.8. The monoisotopic (exact) mass is 378 g/mol. The molecular formula is C19H17Cl2FN2O. The Morgan fingerprint density at radius 2 is 2.04 bits per heavy atom. The number of fused-ring (bicyclic) bond motifs is 1. The highest BCUT2D eigenvalue weighted by Crippen LogP contribution is 2.32. The summed E-state index contributed by atoms with van der Waals surface area (Å²) in [6.07, 6.45) is 1.47. The molecule has 2 heterocycles. The molecule has 0 aliphatic heterocycles. The number of benzene rings is 1. The molecule has 0 bridgehead atoms. The molecule has 1 atom stereocenters. The fraction of sp³-hybridized carbons (Fsp3) is 0.263. The van der Waals surface area contributed by atoms with Crippen molar-refractivity contribution < 1.29 is 9.18 Å². The van der Waals surface area contributed by atoms with Gasteiger partial charge in [0.05, 0.1) is 10.0 Å². The van der Waals surface area contributed by atoms with E-state index in [1.807, 2.05) is 36.7 Å². The van der Waals surface area contributed by atoms with E-state index < -0.39 is 6.17 Å². The minimum absolute atomic E-state index is 0.171. The van der Waals surface area contributed by atoms with Gasteiger partial charge in [-0.25, -0.2) is 4.39 Å². The Morgan fingerprint density at radius 3 is 2.68 bits per heavy atom. The van der Waals surface area contributed by atoms with E-state index in [0.29, 0.717) is 28.9 Å². The molecule has 0 amide bonds. The lowest BCUT2D eigenvalue weighted by Crippen LogP contribution is -2.01. The molecule has 3 rings (SSSR count). The van der Waals surface area contributed by atoms with Crippen molar-refractivity contribution in [1.29, 1.82) is 0 Å². The Labute approximate surface area is 155 Å². The zero-order valence-corrected chi connectivity index (χ0v) is 15.6. The van der Waals surface area contributed by atoms with Crippen molar-refractivity contribution in [2.45, 2.75) is 26.4 Å². The maximum Gasteiger partial charge on any atom is 0.169 e. The smallest absolute Gasteiger partial charge is 0.169 e. The average molecular weight is 379 g/mol. The predicted octanol–water partition coefficient (Wildman–Crippen LogP) is 5.62. The van der Waals surface area contributed by atoms with Gasteiger partial charge in [0.15, 0.2) is 6.29 Å². The highest BCUT2D eigenvalue weighted by Gasteiger charge is 2.17. The topological polar surface area (TPSA) is 34.9 Å². The number of hydrogen-bond donors (Lipinski definition) is 0. The van der Waals surface area contributed by atoms with Crippen molar-refractivity contribution >= 4 is 40.4 Å². The third-order valence-electron chi connectivity index (χ3n) is 4.51. The van der Waals surface area contributed by atoms with Gasteiger partial charge in [-0.2, -0.15) is 0 Å². The van der Waals surface area contributed by atoms with Gasteiger partial charge in [0, 0.05) is 36.3 Å². The van der Waals surface area contributed by atoms with E-state index >= 15 is 0 Å². The molecule has 0 aliphatic rings. The van der Waals surface area contributed by atoms with Crippen LogP contribution in [0.2, 0.25) is 10.0 Å². The molecule has 3 nitrogen and oxygen atoms in total. The zero-order valence-electron chi connectivity index (χ0n) is 14.1. The number of alkyl halides is 1. The number of hydrogen-bond acceptors (Lipinski definition) is 2. The summed E-state index contributed by atoms with van der Waals surface area (Å²) in [5.74, 6) is 0. The van der Waals surface area contributed by atoms with E-state index in [1.165, 1.54) is 13.1 Å². The Hall–Kier alpha value is -1.91. The Balaban J connectivity index is 2.14. The SMILES string of the molecule is Cc1cc(C(C)F)cc2c1cc(Cc1c(Cl)cnc(C=O)c1Cl)n2C. The third-order valence-corrected chi connectivity index (χ3v) is 5.26. The summed E-state index contributed by atoms with van der Waals surface area (Å²) in [6, 6.07) is 5.78. The van der Waals surface area contributed by atoms with E-state index in [0.717, 1.165) is 22.2 Å². The van der Waals surface area contributed by atoms with E-state index in [1.54, 1.807) is 0 Å². The first kappa shape index (κ1) is 17.9. The minimum atomic E-state index is -1.03. The van der Waals surface area contributed by atoms with Crippen LogP contribution in [-0.4, -0.2) is 15.8 Å². The molecule has 3 aromatic rings. The highest BCUT2D eigenvalue weighted by atomic mass is 35.5. The van der Waals surface area contributed by atoms with Gasteiger partial charge < -0.3 is 4.57 Å². The molecule has 0 spiro atoms. The molecule has 130 valence electrons. The van der Waals surface area contributed by atoms with E-state index in [2.05, 4.69) is 4.98 Å². The molecule has 0 radical (unpaired) electrons. The molecule has 1 aromatic carbocycles. The number of rotatable bonds is 4. The molecule has 0 saturated carbocycles. The fourth-order valence-electron chi connectivity index (χ4n) is 3.04. The van der Waals surface area contributed by atoms with Crippen molar-refractivity contribution in [2.24, 2.45) is 7.05 Å². The Bertz CT molecular complexity index is 979. The van der Waals surface area contributed by atoms with Crippen molar-refractivity contribution in [3.8, 4) is 0 Å². The van der Waals surface area contributed by atoms with Gasteiger partial charge in [-0.3, -0.25) is 9.78 Å². The van der Waals surface area contributed by atoms with Crippen molar-refractivity contribution in [3.05, 3.63) is 62.5 Å². The van der Waals surface area contributed by atoms with Gasteiger partial charge in [-0.05, 0) is 42.7 Å². The molecule has 0 aliphatic carbocycles. The average Bonchev–Trinajstić information content (AvgIpc) is 2.88. The van der Waals surface area contributed by atoms with Crippen LogP contribution in [0.15, 0.2) is 24.4 Å². The van der Waals surface area contributed by atoms with Crippen LogP contribution in [-0.2, 0) is 13.5 Å². The van der Waals surface area contributed by atoms with Crippen LogP contribution in [0, 0.1) is 6.92 Å². The fourth-order valence-corrected chi connectivity index (χ4v) is 3.56. The number of halogens is 3. The maximum atomic E-state index is 13.7. The number of carbonyl (C=O) groups excluding carboxylic acids is 1. The van der Waals surface area contributed by atoms with E-state index in [4.69, 9.17) is 23.2 Å². The van der Waals surface area contributed by atoms with Crippen LogP contribution >= 0.6 is 23.2 Å². The Kier molecular flexibility index (Phi) is 4.85. The van der Waals surface area contributed by atoms with Gasteiger partial charge in [-0.1, -0.05) is 29.3 Å². The van der Waals surface area contributed by atoms with E-state index in [9.17, 15) is 9.18 Å². The molecule has 6 heteroatoms. The predicted molar refractivity (Wildman–Crippen MR) is 99.6 cm³/mol. The lowest BCUT2D eigenvalue weighted by molar-refractivity contribution is 0.111. The first-order valence-corrected chi connectivity index (χ1v) is 8.60. The van der Waals surface area contributed by atoms with Gasteiger partial charge in [0.1, 0.15) is 11.9 Å². The van der Waals surface area contributed by atoms with Crippen LogP contribution < -0.4 is 0 Å². The summed E-state index contributed by atoms with van der Waals surface area (Å²) in [5, 5.41) is 1.73.